The molecule has 2 aliphatic heterocycles. The molecule has 2 saturated heterocycles. The monoisotopic (exact) mass is 143 g/mol. The van der Waals surface area contributed by atoms with Crippen molar-refractivity contribution in [1.82, 2.24) is 4.90 Å². The third-order valence-corrected chi connectivity index (χ3v) is 2.19. The highest BCUT2D eigenvalue weighted by atomic mass is 16.7. The molecule has 0 atom stereocenters. The molecule has 2 aliphatic rings. The number of likely N-dealkylation sites (tertiary alicyclic amines) is 1. The van der Waals surface area contributed by atoms with Crippen molar-refractivity contribution >= 4 is 0 Å². The molecule has 0 radical (unpaired) electrons. The summed E-state index contributed by atoms with van der Waals surface area (Å²) in [6, 6.07) is 0. The van der Waals surface area contributed by atoms with Gasteiger partial charge in [0.15, 0.2) is 0 Å². The molecule has 2 fully saturated rings. The van der Waals surface area contributed by atoms with Crippen molar-refractivity contribution in [2.45, 2.75) is 0 Å². The van der Waals surface area contributed by atoms with Gasteiger partial charge in [0.1, 0.15) is 6.79 Å². The molecule has 0 unspecified atom stereocenters. The summed E-state index contributed by atoms with van der Waals surface area (Å²) < 4.78 is 10.5. The Kier molecular flexibility index (Phi) is 1.44. The summed E-state index contributed by atoms with van der Waals surface area (Å²) in [5, 5.41) is 0. The standard InChI is InChI=1S/C7H13NO2/c1-8-2-7(3-8)4-9-6-10-5-7/h2-6H2,1H3. The molecule has 0 amide bonds. The molecular formula is C7H13NO2. The van der Waals surface area contributed by atoms with E-state index in [0.717, 1.165) is 26.3 Å². The van der Waals surface area contributed by atoms with Crippen molar-refractivity contribution in [2.75, 3.05) is 40.1 Å². The Balaban J connectivity index is 1.90. The first kappa shape index (κ1) is 6.58. The van der Waals surface area contributed by atoms with E-state index in [1.807, 2.05) is 0 Å². The molecular weight excluding hydrogens is 130 g/mol. The Bertz CT molecular complexity index is 116. The van der Waals surface area contributed by atoms with E-state index < -0.39 is 0 Å². The van der Waals surface area contributed by atoms with Gasteiger partial charge in [-0.05, 0) is 7.05 Å². The smallest absolute Gasteiger partial charge is 0.146 e. The highest BCUT2D eigenvalue weighted by Gasteiger charge is 2.43. The average Bonchev–Trinajstić information content (AvgIpc) is 1.87. The van der Waals surface area contributed by atoms with E-state index >= 15 is 0 Å². The van der Waals surface area contributed by atoms with Gasteiger partial charge in [-0.25, -0.2) is 0 Å². The molecule has 3 heteroatoms. The summed E-state index contributed by atoms with van der Waals surface area (Å²) >= 11 is 0. The van der Waals surface area contributed by atoms with Gasteiger partial charge < -0.3 is 14.4 Å². The normalized spacial score (nSPS) is 32.1. The van der Waals surface area contributed by atoms with Crippen LogP contribution in [-0.2, 0) is 9.47 Å². The minimum Gasteiger partial charge on any atom is -0.355 e. The number of hydrogen-bond donors (Lipinski definition) is 0. The first-order chi connectivity index (χ1) is 4.81. The molecule has 0 aromatic rings. The minimum atomic E-state index is 0.354. The van der Waals surface area contributed by atoms with Crippen LogP contribution in [0, 0.1) is 5.41 Å². The first-order valence-corrected chi connectivity index (χ1v) is 3.65. The van der Waals surface area contributed by atoms with Crippen LogP contribution >= 0.6 is 0 Å². The largest absolute Gasteiger partial charge is 0.355 e. The van der Waals surface area contributed by atoms with Gasteiger partial charge in [-0.2, -0.15) is 0 Å². The number of rotatable bonds is 0. The fourth-order valence-electron chi connectivity index (χ4n) is 1.90. The lowest BCUT2D eigenvalue weighted by atomic mass is 9.81. The molecule has 10 heavy (non-hydrogen) atoms. The molecule has 2 rings (SSSR count). The fraction of sp³-hybridized carbons (Fsp3) is 1.00. The van der Waals surface area contributed by atoms with Crippen LogP contribution in [0.25, 0.3) is 0 Å². The van der Waals surface area contributed by atoms with E-state index in [2.05, 4.69) is 11.9 Å². The molecule has 0 N–H and O–H groups in total. The summed E-state index contributed by atoms with van der Waals surface area (Å²) in [5.41, 5.74) is 0.354. The Hall–Kier alpha value is -0.120. The van der Waals surface area contributed by atoms with Gasteiger partial charge in [-0.1, -0.05) is 0 Å². The molecule has 0 aromatic heterocycles. The second kappa shape index (κ2) is 2.19. The van der Waals surface area contributed by atoms with Crippen molar-refractivity contribution in [3.63, 3.8) is 0 Å². The Morgan fingerprint density at radius 3 is 2.30 bits per heavy atom. The van der Waals surface area contributed by atoms with E-state index in [1.54, 1.807) is 0 Å². The maximum atomic E-state index is 5.23. The topological polar surface area (TPSA) is 21.7 Å². The number of ether oxygens (including phenoxy) is 2. The lowest BCUT2D eigenvalue weighted by Gasteiger charge is -2.49. The second-order valence-electron chi connectivity index (χ2n) is 3.49. The first-order valence-electron chi connectivity index (χ1n) is 3.65. The van der Waals surface area contributed by atoms with Crippen LogP contribution < -0.4 is 0 Å². The highest BCUT2D eigenvalue weighted by Crippen LogP contribution is 2.31. The van der Waals surface area contributed by atoms with Crippen LogP contribution in [0.4, 0.5) is 0 Å². The molecule has 0 saturated carbocycles. The minimum absolute atomic E-state index is 0.354. The van der Waals surface area contributed by atoms with Crippen LogP contribution in [0.3, 0.4) is 0 Å². The summed E-state index contributed by atoms with van der Waals surface area (Å²) in [6.45, 7) is 4.53. The van der Waals surface area contributed by atoms with Gasteiger partial charge in [0, 0.05) is 18.5 Å². The van der Waals surface area contributed by atoms with Crippen molar-refractivity contribution < 1.29 is 9.47 Å². The predicted molar refractivity (Wildman–Crippen MR) is 36.7 cm³/mol. The van der Waals surface area contributed by atoms with Crippen LogP contribution in [-0.4, -0.2) is 45.0 Å². The molecule has 0 aromatic carbocycles. The van der Waals surface area contributed by atoms with Crippen molar-refractivity contribution in [2.24, 2.45) is 5.41 Å². The van der Waals surface area contributed by atoms with Crippen molar-refractivity contribution in [1.29, 1.82) is 0 Å². The van der Waals surface area contributed by atoms with Gasteiger partial charge in [0.05, 0.1) is 13.2 Å². The average molecular weight is 143 g/mol. The maximum absolute atomic E-state index is 5.23. The zero-order valence-corrected chi connectivity index (χ0v) is 6.30. The highest BCUT2D eigenvalue weighted by molar-refractivity contribution is 4.94. The Morgan fingerprint density at radius 2 is 1.80 bits per heavy atom. The second-order valence-corrected chi connectivity index (χ2v) is 3.49. The summed E-state index contributed by atoms with van der Waals surface area (Å²) in [4.78, 5) is 2.29. The molecule has 0 aliphatic carbocycles. The van der Waals surface area contributed by atoms with E-state index in [4.69, 9.17) is 9.47 Å². The Labute approximate surface area is 60.9 Å². The van der Waals surface area contributed by atoms with Gasteiger partial charge in [0.2, 0.25) is 0 Å². The molecule has 0 bridgehead atoms. The van der Waals surface area contributed by atoms with E-state index in [9.17, 15) is 0 Å². The fourth-order valence-corrected chi connectivity index (χ4v) is 1.90. The number of nitrogens with zero attached hydrogens (tertiary/aromatic N) is 1. The van der Waals surface area contributed by atoms with E-state index in [-0.39, 0.29) is 0 Å². The number of hydrogen-bond acceptors (Lipinski definition) is 3. The van der Waals surface area contributed by atoms with Crippen molar-refractivity contribution in [3.05, 3.63) is 0 Å². The summed E-state index contributed by atoms with van der Waals surface area (Å²) in [6.07, 6.45) is 0. The maximum Gasteiger partial charge on any atom is 0.146 e. The third-order valence-electron chi connectivity index (χ3n) is 2.19. The summed E-state index contributed by atoms with van der Waals surface area (Å²) in [5.74, 6) is 0. The lowest BCUT2D eigenvalue weighted by molar-refractivity contribution is -0.202. The van der Waals surface area contributed by atoms with Gasteiger partial charge >= 0.3 is 0 Å². The SMILES string of the molecule is CN1CC2(COCOC2)C1. The summed E-state index contributed by atoms with van der Waals surface area (Å²) in [7, 11) is 2.12. The molecule has 58 valence electrons. The third kappa shape index (κ3) is 0.944. The van der Waals surface area contributed by atoms with Crippen LogP contribution in [0.5, 0.6) is 0 Å². The van der Waals surface area contributed by atoms with E-state index in [0.29, 0.717) is 12.2 Å². The van der Waals surface area contributed by atoms with Gasteiger partial charge in [-0.3, -0.25) is 0 Å². The quantitative estimate of drug-likeness (QED) is 0.473. The van der Waals surface area contributed by atoms with Gasteiger partial charge in [-0.15, -0.1) is 0 Å². The van der Waals surface area contributed by atoms with Gasteiger partial charge in [0.25, 0.3) is 0 Å². The van der Waals surface area contributed by atoms with E-state index in [1.165, 1.54) is 0 Å². The molecule has 1 spiro atoms. The van der Waals surface area contributed by atoms with Crippen LogP contribution in [0.15, 0.2) is 0 Å². The zero-order valence-electron chi connectivity index (χ0n) is 6.30. The van der Waals surface area contributed by atoms with Crippen LogP contribution in [0.1, 0.15) is 0 Å². The zero-order chi connectivity index (χ0) is 7.03. The van der Waals surface area contributed by atoms with Crippen LogP contribution in [0.2, 0.25) is 0 Å². The lowest BCUT2D eigenvalue weighted by Crippen LogP contribution is -2.60. The Morgan fingerprint density at radius 1 is 1.20 bits per heavy atom. The van der Waals surface area contributed by atoms with Crippen molar-refractivity contribution in [3.8, 4) is 0 Å². The predicted octanol–water partition coefficient (Wildman–Crippen LogP) is -0.0775. The molecule has 3 nitrogen and oxygen atoms in total. The molecule has 2 heterocycles.